The second-order valence-electron chi connectivity index (χ2n) is 6.40. The Morgan fingerprint density at radius 2 is 2.09 bits per heavy atom. The van der Waals surface area contributed by atoms with Crippen molar-refractivity contribution in [2.75, 3.05) is 26.7 Å². The largest absolute Gasteiger partial charge is 0.465 e. The van der Waals surface area contributed by atoms with Gasteiger partial charge in [0.05, 0.1) is 24.4 Å². The highest BCUT2D eigenvalue weighted by Gasteiger charge is 2.28. The molecule has 1 aromatic rings. The van der Waals surface area contributed by atoms with E-state index in [4.69, 9.17) is 4.74 Å². The molecule has 7 nitrogen and oxygen atoms in total. The molecule has 1 aromatic heterocycles. The summed E-state index contributed by atoms with van der Waals surface area (Å²) in [7, 11) is 1.33. The van der Waals surface area contributed by atoms with Crippen LogP contribution in [0.1, 0.15) is 42.9 Å². The highest BCUT2D eigenvalue weighted by atomic mass is 16.6. The van der Waals surface area contributed by atoms with Crippen molar-refractivity contribution in [3.63, 3.8) is 0 Å². The monoisotopic (exact) mass is 321 g/mol. The molecule has 0 aromatic carbocycles. The number of amides is 1. The molecule has 2 heterocycles. The maximum atomic E-state index is 12.2. The van der Waals surface area contributed by atoms with E-state index in [-0.39, 0.29) is 12.1 Å². The van der Waals surface area contributed by atoms with E-state index in [2.05, 4.69) is 15.0 Å². The van der Waals surface area contributed by atoms with Gasteiger partial charge in [-0.25, -0.2) is 9.59 Å². The molecule has 2 rings (SSSR count). The fourth-order valence-electron chi connectivity index (χ4n) is 2.29. The minimum Gasteiger partial charge on any atom is -0.465 e. The molecule has 23 heavy (non-hydrogen) atoms. The minimum absolute atomic E-state index is 0.0945. The van der Waals surface area contributed by atoms with Crippen molar-refractivity contribution in [1.82, 2.24) is 15.2 Å². The lowest BCUT2D eigenvalue weighted by atomic mass is 10.1. The second kappa shape index (κ2) is 6.95. The molecular weight excluding hydrogens is 298 g/mol. The Hall–Kier alpha value is -2.15. The number of hydrogen-bond acceptors (Lipinski definition) is 6. The Bertz CT molecular complexity index is 566. The van der Waals surface area contributed by atoms with Crippen molar-refractivity contribution < 1.29 is 19.1 Å². The van der Waals surface area contributed by atoms with Gasteiger partial charge in [-0.05, 0) is 32.9 Å². The predicted octanol–water partition coefficient (Wildman–Crippen LogP) is 1.75. The van der Waals surface area contributed by atoms with Gasteiger partial charge in [0.1, 0.15) is 5.60 Å². The summed E-state index contributed by atoms with van der Waals surface area (Å²) < 4.78 is 10.1. The number of methoxy groups -OCH3 is 1. The molecule has 126 valence electrons. The van der Waals surface area contributed by atoms with Crippen LogP contribution in [0.4, 0.5) is 4.79 Å². The first-order chi connectivity index (χ1) is 10.8. The van der Waals surface area contributed by atoms with E-state index in [1.165, 1.54) is 13.3 Å². The molecule has 0 aliphatic carbocycles. The number of nitrogens with zero attached hydrogens (tertiary/aromatic N) is 2. The summed E-state index contributed by atoms with van der Waals surface area (Å²) in [5.74, 6) is -0.420. The number of piperazine rings is 1. The number of carbonyl (C=O) groups excluding carboxylic acids is 2. The van der Waals surface area contributed by atoms with Crippen LogP contribution in [-0.2, 0) is 9.47 Å². The maximum Gasteiger partial charge on any atom is 0.410 e. The molecule has 1 unspecified atom stereocenters. The first-order valence-corrected chi connectivity index (χ1v) is 7.56. The highest BCUT2D eigenvalue weighted by Crippen LogP contribution is 2.18. The number of aromatic nitrogens is 1. The van der Waals surface area contributed by atoms with E-state index in [0.717, 1.165) is 5.69 Å². The van der Waals surface area contributed by atoms with Gasteiger partial charge < -0.3 is 19.7 Å². The molecule has 1 atom stereocenters. The lowest BCUT2D eigenvalue weighted by molar-refractivity contribution is 0.0193. The van der Waals surface area contributed by atoms with Crippen LogP contribution in [0.15, 0.2) is 18.3 Å². The summed E-state index contributed by atoms with van der Waals surface area (Å²) in [6.07, 6.45) is 1.16. The average molecular weight is 321 g/mol. The van der Waals surface area contributed by atoms with Crippen LogP contribution in [0.2, 0.25) is 0 Å². The number of hydrogen-bond donors (Lipinski definition) is 1. The van der Waals surface area contributed by atoms with Gasteiger partial charge in [-0.2, -0.15) is 0 Å². The number of pyridine rings is 1. The van der Waals surface area contributed by atoms with Gasteiger partial charge in [0, 0.05) is 25.8 Å². The van der Waals surface area contributed by atoms with Crippen LogP contribution in [0, 0.1) is 0 Å². The fourth-order valence-corrected chi connectivity index (χ4v) is 2.29. The van der Waals surface area contributed by atoms with Crippen molar-refractivity contribution >= 4 is 12.1 Å². The lowest BCUT2D eigenvalue weighted by Crippen LogP contribution is -2.49. The quantitative estimate of drug-likeness (QED) is 0.836. The Kier molecular flexibility index (Phi) is 5.20. The van der Waals surface area contributed by atoms with E-state index in [9.17, 15) is 9.59 Å². The number of rotatable bonds is 2. The van der Waals surface area contributed by atoms with E-state index < -0.39 is 11.6 Å². The van der Waals surface area contributed by atoms with E-state index >= 15 is 0 Å². The molecule has 1 amide bonds. The van der Waals surface area contributed by atoms with Gasteiger partial charge in [0.15, 0.2) is 0 Å². The zero-order chi connectivity index (χ0) is 17.0. The topological polar surface area (TPSA) is 80.8 Å². The Morgan fingerprint density at radius 3 is 2.65 bits per heavy atom. The molecule has 1 N–H and O–H groups in total. The Morgan fingerprint density at radius 1 is 1.35 bits per heavy atom. The van der Waals surface area contributed by atoms with Crippen molar-refractivity contribution in [3.8, 4) is 0 Å². The van der Waals surface area contributed by atoms with Gasteiger partial charge in [0.25, 0.3) is 0 Å². The zero-order valence-electron chi connectivity index (χ0n) is 14.0. The molecule has 1 fully saturated rings. The normalized spacial score (nSPS) is 18.4. The third-order valence-corrected chi connectivity index (χ3v) is 3.39. The standard InChI is InChI=1S/C16H23N3O4/c1-16(2,3)23-15(21)19-8-7-17-13(10-19)12-6-5-11(9-18-12)14(20)22-4/h5-6,9,13,17H,7-8,10H2,1-4H3. The van der Waals surface area contributed by atoms with Crippen molar-refractivity contribution in [2.45, 2.75) is 32.4 Å². The summed E-state index contributed by atoms with van der Waals surface area (Å²) in [5, 5.41) is 3.32. The predicted molar refractivity (Wildman–Crippen MR) is 84.1 cm³/mol. The summed E-state index contributed by atoms with van der Waals surface area (Å²) in [4.78, 5) is 29.6. The summed E-state index contributed by atoms with van der Waals surface area (Å²) in [6, 6.07) is 3.34. The molecule has 0 bridgehead atoms. The van der Waals surface area contributed by atoms with E-state index in [1.54, 1.807) is 17.0 Å². The van der Waals surface area contributed by atoms with Crippen molar-refractivity contribution in [1.29, 1.82) is 0 Å². The molecule has 7 heteroatoms. The summed E-state index contributed by atoms with van der Waals surface area (Å²) in [6.45, 7) is 7.25. The van der Waals surface area contributed by atoms with Crippen LogP contribution in [-0.4, -0.2) is 54.3 Å². The Balaban J connectivity index is 2.03. The zero-order valence-corrected chi connectivity index (χ0v) is 14.0. The molecule has 0 radical (unpaired) electrons. The van der Waals surface area contributed by atoms with Crippen molar-refractivity contribution in [3.05, 3.63) is 29.6 Å². The van der Waals surface area contributed by atoms with Crippen LogP contribution in [0.3, 0.4) is 0 Å². The number of nitrogens with one attached hydrogen (secondary N) is 1. The van der Waals surface area contributed by atoms with Crippen LogP contribution in [0.5, 0.6) is 0 Å². The van der Waals surface area contributed by atoms with Gasteiger partial charge in [-0.15, -0.1) is 0 Å². The maximum absolute atomic E-state index is 12.2. The smallest absolute Gasteiger partial charge is 0.410 e. The molecule has 1 aliphatic heterocycles. The number of esters is 1. The second-order valence-corrected chi connectivity index (χ2v) is 6.40. The van der Waals surface area contributed by atoms with Crippen LogP contribution < -0.4 is 5.32 Å². The minimum atomic E-state index is -0.516. The van der Waals surface area contributed by atoms with Crippen LogP contribution in [0.25, 0.3) is 0 Å². The summed E-state index contributed by atoms with van der Waals surface area (Å²) in [5.41, 5.74) is 0.652. The molecule has 1 saturated heterocycles. The highest BCUT2D eigenvalue weighted by molar-refractivity contribution is 5.88. The fraction of sp³-hybridized carbons (Fsp3) is 0.562. The van der Waals surface area contributed by atoms with Gasteiger partial charge in [0.2, 0.25) is 0 Å². The van der Waals surface area contributed by atoms with Gasteiger partial charge in [-0.3, -0.25) is 4.98 Å². The molecule has 0 spiro atoms. The first-order valence-electron chi connectivity index (χ1n) is 7.56. The molecule has 0 saturated carbocycles. The Labute approximate surface area is 136 Å². The average Bonchev–Trinajstić information content (AvgIpc) is 2.53. The lowest BCUT2D eigenvalue weighted by Gasteiger charge is -2.34. The van der Waals surface area contributed by atoms with Gasteiger partial charge >= 0.3 is 12.1 Å². The SMILES string of the molecule is COC(=O)c1ccc(C2CN(C(=O)OC(C)(C)C)CCN2)nc1. The van der Waals surface area contributed by atoms with Gasteiger partial charge in [-0.1, -0.05) is 0 Å². The third kappa shape index (κ3) is 4.66. The molecular formula is C16H23N3O4. The number of ether oxygens (including phenoxy) is 2. The molecule has 1 aliphatic rings. The third-order valence-electron chi connectivity index (χ3n) is 3.39. The van der Waals surface area contributed by atoms with Crippen molar-refractivity contribution in [2.24, 2.45) is 0 Å². The number of carbonyl (C=O) groups is 2. The van der Waals surface area contributed by atoms with E-state index in [0.29, 0.717) is 25.2 Å². The van der Waals surface area contributed by atoms with E-state index in [1.807, 2.05) is 20.8 Å². The van der Waals surface area contributed by atoms with Crippen LogP contribution >= 0.6 is 0 Å². The summed E-state index contributed by atoms with van der Waals surface area (Å²) >= 11 is 0. The first kappa shape index (κ1) is 17.2.